The van der Waals surface area contributed by atoms with Gasteiger partial charge < -0.3 is 5.32 Å². The molecule has 1 unspecified atom stereocenters. The fraction of sp³-hybridized carbons (Fsp3) is 0.647. The maximum absolute atomic E-state index is 6.37. The van der Waals surface area contributed by atoms with Crippen molar-refractivity contribution in [3.8, 4) is 0 Å². The highest BCUT2D eigenvalue weighted by Crippen LogP contribution is 2.34. The molecular weight excluding hydrogens is 289 g/mol. The number of benzene rings is 1. The summed E-state index contributed by atoms with van der Waals surface area (Å²) < 4.78 is 0. The monoisotopic (exact) mass is 313 g/mol. The van der Waals surface area contributed by atoms with Gasteiger partial charge in [-0.3, -0.25) is 0 Å². The first-order valence-electron chi connectivity index (χ1n) is 7.89. The molecular formula is C17H25Cl2N. The van der Waals surface area contributed by atoms with E-state index in [4.69, 9.17) is 23.2 Å². The van der Waals surface area contributed by atoms with E-state index < -0.39 is 0 Å². The predicted molar refractivity (Wildman–Crippen MR) is 88.7 cm³/mol. The average Bonchev–Trinajstić information content (AvgIpc) is 2.48. The molecule has 0 spiro atoms. The number of hydrogen-bond acceptors (Lipinski definition) is 1. The summed E-state index contributed by atoms with van der Waals surface area (Å²) >= 11 is 12.5. The molecule has 0 radical (unpaired) electrons. The van der Waals surface area contributed by atoms with Gasteiger partial charge >= 0.3 is 0 Å². The Kier molecular flexibility index (Phi) is 6.67. The second-order valence-corrected chi connectivity index (χ2v) is 6.62. The molecule has 1 nitrogen and oxygen atoms in total. The van der Waals surface area contributed by atoms with Crippen molar-refractivity contribution >= 4 is 23.2 Å². The van der Waals surface area contributed by atoms with Gasteiger partial charge in [0.05, 0.1) is 10.0 Å². The minimum Gasteiger partial charge on any atom is -0.310 e. The van der Waals surface area contributed by atoms with Crippen molar-refractivity contribution in [1.82, 2.24) is 5.32 Å². The summed E-state index contributed by atoms with van der Waals surface area (Å²) in [6.45, 7) is 3.10. The lowest BCUT2D eigenvalue weighted by Crippen LogP contribution is -2.22. The molecule has 0 bridgehead atoms. The number of halogens is 2. The van der Waals surface area contributed by atoms with Crippen LogP contribution in [0, 0.1) is 5.92 Å². The fourth-order valence-corrected chi connectivity index (χ4v) is 3.72. The van der Waals surface area contributed by atoms with Crippen LogP contribution in [0.25, 0.3) is 0 Å². The first-order valence-corrected chi connectivity index (χ1v) is 8.65. The molecule has 20 heavy (non-hydrogen) atoms. The predicted octanol–water partition coefficient (Wildman–Crippen LogP) is 6.00. The van der Waals surface area contributed by atoms with Crippen molar-refractivity contribution < 1.29 is 0 Å². The molecule has 3 heteroatoms. The highest BCUT2D eigenvalue weighted by molar-refractivity contribution is 6.42. The Morgan fingerprint density at radius 3 is 2.65 bits per heavy atom. The maximum atomic E-state index is 6.37. The van der Waals surface area contributed by atoms with E-state index in [0.717, 1.165) is 24.4 Å². The van der Waals surface area contributed by atoms with E-state index in [1.54, 1.807) is 0 Å². The molecule has 2 rings (SSSR count). The zero-order chi connectivity index (χ0) is 14.4. The molecule has 0 amide bonds. The fourth-order valence-electron chi connectivity index (χ4n) is 3.28. The third-order valence-electron chi connectivity index (χ3n) is 4.40. The zero-order valence-electron chi connectivity index (χ0n) is 12.3. The number of hydrogen-bond donors (Lipinski definition) is 1. The van der Waals surface area contributed by atoms with Crippen LogP contribution in [0.4, 0.5) is 0 Å². The lowest BCUT2D eigenvalue weighted by Gasteiger charge is -2.25. The summed E-state index contributed by atoms with van der Waals surface area (Å²) in [5, 5.41) is 4.93. The Morgan fingerprint density at radius 1 is 1.20 bits per heavy atom. The Hall–Kier alpha value is -0.240. The molecule has 1 aliphatic rings. The van der Waals surface area contributed by atoms with Crippen LogP contribution in [0.2, 0.25) is 10.0 Å². The minimum atomic E-state index is 0.327. The van der Waals surface area contributed by atoms with E-state index in [-0.39, 0.29) is 0 Å². The van der Waals surface area contributed by atoms with Crippen LogP contribution in [0.5, 0.6) is 0 Å². The summed E-state index contributed by atoms with van der Waals surface area (Å²) in [5.74, 6) is 0.905. The normalized spacial score (nSPS) is 18.1. The molecule has 1 aromatic carbocycles. The number of rotatable bonds is 6. The Balaban J connectivity index is 2.00. The van der Waals surface area contributed by atoms with Gasteiger partial charge in [-0.1, -0.05) is 74.4 Å². The van der Waals surface area contributed by atoms with E-state index >= 15 is 0 Å². The molecule has 0 aliphatic heterocycles. The summed E-state index contributed by atoms with van der Waals surface area (Å²) in [6.07, 6.45) is 9.50. The van der Waals surface area contributed by atoms with Crippen molar-refractivity contribution in [1.29, 1.82) is 0 Å². The van der Waals surface area contributed by atoms with Gasteiger partial charge in [0.2, 0.25) is 0 Å². The molecule has 1 aromatic rings. The molecule has 1 fully saturated rings. The van der Waals surface area contributed by atoms with E-state index in [1.807, 2.05) is 12.1 Å². The largest absolute Gasteiger partial charge is 0.310 e. The summed E-state index contributed by atoms with van der Waals surface area (Å²) in [4.78, 5) is 0. The van der Waals surface area contributed by atoms with E-state index in [9.17, 15) is 0 Å². The second-order valence-electron chi connectivity index (χ2n) is 5.83. The number of nitrogens with one attached hydrogen (secondary N) is 1. The molecule has 0 aromatic heterocycles. The first-order chi connectivity index (χ1) is 9.72. The van der Waals surface area contributed by atoms with Gasteiger partial charge in [0.1, 0.15) is 0 Å². The zero-order valence-corrected chi connectivity index (χ0v) is 13.8. The van der Waals surface area contributed by atoms with Gasteiger partial charge in [0.25, 0.3) is 0 Å². The highest BCUT2D eigenvalue weighted by Gasteiger charge is 2.19. The van der Waals surface area contributed by atoms with Crippen LogP contribution in [0.3, 0.4) is 0 Å². The van der Waals surface area contributed by atoms with Crippen molar-refractivity contribution in [2.24, 2.45) is 5.92 Å². The van der Waals surface area contributed by atoms with Gasteiger partial charge in [-0.15, -0.1) is 0 Å². The molecule has 1 aliphatic carbocycles. The van der Waals surface area contributed by atoms with E-state index in [2.05, 4.69) is 18.3 Å². The third-order valence-corrected chi connectivity index (χ3v) is 5.23. The molecule has 1 atom stereocenters. The van der Waals surface area contributed by atoms with Crippen LogP contribution in [0.1, 0.15) is 63.5 Å². The Morgan fingerprint density at radius 2 is 1.95 bits per heavy atom. The molecule has 1 saturated carbocycles. The highest BCUT2D eigenvalue weighted by atomic mass is 35.5. The standard InChI is InChI=1S/C17H25Cl2N/c1-2-20-16(12-11-13-7-4-3-5-8-13)14-9-6-10-15(18)17(14)19/h6,9-10,13,16,20H,2-5,7-8,11-12H2,1H3. The molecule has 0 saturated heterocycles. The smallest absolute Gasteiger partial charge is 0.0640 e. The lowest BCUT2D eigenvalue weighted by molar-refractivity contribution is 0.315. The quantitative estimate of drug-likeness (QED) is 0.678. The van der Waals surface area contributed by atoms with Crippen LogP contribution in [-0.4, -0.2) is 6.54 Å². The maximum Gasteiger partial charge on any atom is 0.0640 e. The van der Waals surface area contributed by atoms with Crippen molar-refractivity contribution in [3.63, 3.8) is 0 Å². The topological polar surface area (TPSA) is 12.0 Å². The average molecular weight is 314 g/mol. The molecule has 1 N–H and O–H groups in total. The van der Waals surface area contributed by atoms with E-state index in [1.165, 1.54) is 38.5 Å². The van der Waals surface area contributed by atoms with Crippen LogP contribution < -0.4 is 5.32 Å². The summed E-state index contributed by atoms with van der Waals surface area (Å²) in [5.41, 5.74) is 1.15. The van der Waals surface area contributed by atoms with Gasteiger partial charge in [-0.25, -0.2) is 0 Å². The van der Waals surface area contributed by atoms with Gasteiger partial charge in [-0.2, -0.15) is 0 Å². The van der Waals surface area contributed by atoms with Crippen LogP contribution >= 0.6 is 23.2 Å². The molecule has 112 valence electrons. The summed E-state index contributed by atoms with van der Waals surface area (Å²) in [7, 11) is 0. The van der Waals surface area contributed by atoms with Crippen molar-refractivity contribution in [2.45, 2.75) is 57.9 Å². The third kappa shape index (κ3) is 4.38. The Labute approximate surface area is 133 Å². The first kappa shape index (κ1) is 16.1. The van der Waals surface area contributed by atoms with Gasteiger partial charge in [-0.05, 0) is 36.9 Å². The van der Waals surface area contributed by atoms with Crippen LogP contribution in [-0.2, 0) is 0 Å². The van der Waals surface area contributed by atoms with Crippen molar-refractivity contribution in [2.75, 3.05) is 6.54 Å². The van der Waals surface area contributed by atoms with Crippen molar-refractivity contribution in [3.05, 3.63) is 33.8 Å². The summed E-state index contributed by atoms with van der Waals surface area (Å²) in [6, 6.07) is 6.28. The lowest BCUT2D eigenvalue weighted by atomic mass is 9.84. The SMILES string of the molecule is CCNC(CCC1CCCCC1)c1cccc(Cl)c1Cl. The minimum absolute atomic E-state index is 0.327. The molecule has 0 heterocycles. The Bertz CT molecular complexity index is 413. The second kappa shape index (κ2) is 8.26. The van der Waals surface area contributed by atoms with Gasteiger partial charge in [0, 0.05) is 6.04 Å². The van der Waals surface area contributed by atoms with Crippen LogP contribution in [0.15, 0.2) is 18.2 Å². The van der Waals surface area contributed by atoms with Gasteiger partial charge in [0.15, 0.2) is 0 Å². The van der Waals surface area contributed by atoms with E-state index in [0.29, 0.717) is 16.1 Å².